The van der Waals surface area contributed by atoms with Crippen molar-refractivity contribution < 1.29 is 18.1 Å². The van der Waals surface area contributed by atoms with Crippen molar-refractivity contribution in [3.05, 3.63) is 0 Å². The Balaban J connectivity index is 3.78. The van der Waals surface area contributed by atoms with Crippen molar-refractivity contribution in [1.82, 2.24) is 10.6 Å². The van der Waals surface area contributed by atoms with E-state index in [0.29, 0.717) is 17.7 Å². The van der Waals surface area contributed by atoms with Crippen molar-refractivity contribution in [2.24, 2.45) is 0 Å². The van der Waals surface area contributed by atoms with Crippen molar-refractivity contribution in [1.29, 1.82) is 0 Å². The van der Waals surface area contributed by atoms with Crippen LogP contribution in [0, 0.1) is 0 Å². The van der Waals surface area contributed by atoms with Gasteiger partial charge in [-0.05, 0) is 25.6 Å². The average Bonchev–Trinajstić information content (AvgIpc) is 2.37. The van der Waals surface area contributed by atoms with Gasteiger partial charge in [0.2, 0.25) is 0 Å². The Kier molecular flexibility index (Phi) is 9.11. The molecule has 0 bridgehead atoms. The van der Waals surface area contributed by atoms with Crippen LogP contribution in [0.15, 0.2) is 0 Å². The smallest absolute Gasteiger partial charge is 0.377 e. The van der Waals surface area contributed by atoms with E-state index in [1.54, 1.807) is 21.3 Å². The highest BCUT2D eigenvalue weighted by atomic mass is 32.1. The topological polar surface area (TPSA) is 68.8 Å². The number of ketones is 1. The highest BCUT2D eigenvalue weighted by molar-refractivity contribution is 7.80. The molecule has 0 unspecified atom stereocenters. The highest BCUT2D eigenvalue weighted by Crippen LogP contribution is 2.14. The summed E-state index contributed by atoms with van der Waals surface area (Å²) < 4.78 is 15.9. The number of carbonyl (C=O) groups is 1. The van der Waals surface area contributed by atoms with Gasteiger partial charge in [-0.15, -0.1) is 0 Å². The molecule has 0 aromatic heterocycles. The maximum Gasteiger partial charge on any atom is 0.500 e. The zero-order valence-corrected chi connectivity index (χ0v) is 13.2. The first-order valence-electron chi connectivity index (χ1n) is 5.66. The van der Waals surface area contributed by atoms with Gasteiger partial charge in [0.1, 0.15) is 5.78 Å². The van der Waals surface area contributed by atoms with Crippen molar-refractivity contribution in [3.63, 3.8) is 0 Å². The SMILES string of the molecule is CO[Si](CCCNC(=S)NCC(C)=O)(OC)OC. The summed E-state index contributed by atoms with van der Waals surface area (Å²) in [6.07, 6.45) is 0.809. The number of thiocarbonyl (C=S) groups is 1. The van der Waals surface area contributed by atoms with Gasteiger partial charge < -0.3 is 23.9 Å². The first-order valence-corrected chi connectivity index (χ1v) is 8.00. The molecule has 18 heavy (non-hydrogen) atoms. The number of nitrogens with one attached hydrogen (secondary N) is 2. The Labute approximate surface area is 115 Å². The van der Waals surface area contributed by atoms with Crippen LogP contribution in [0.1, 0.15) is 13.3 Å². The van der Waals surface area contributed by atoms with Crippen LogP contribution in [0.4, 0.5) is 0 Å². The zero-order chi connectivity index (χ0) is 14.0. The van der Waals surface area contributed by atoms with Gasteiger partial charge in [0, 0.05) is 33.9 Å². The van der Waals surface area contributed by atoms with E-state index >= 15 is 0 Å². The Hall–Kier alpha value is -0.543. The van der Waals surface area contributed by atoms with Crippen LogP contribution >= 0.6 is 12.2 Å². The summed E-state index contributed by atoms with van der Waals surface area (Å²) in [6, 6.07) is 0.707. The van der Waals surface area contributed by atoms with E-state index in [9.17, 15) is 4.79 Å². The first-order chi connectivity index (χ1) is 8.49. The molecule has 0 atom stereocenters. The Bertz CT molecular complexity index is 266. The van der Waals surface area contributed by atoms with E-state index in [1.165, 1.54) is 6.92 Å². The predicted octanol–water partition coefficient (Wildman–Crippen LogP) is 0.308. The Morgan fingerprint density at radius 2 is 1.72 bits per heavy atom. The molecule has 2 N–H and O–H groups in total. The van der Waals surface area contributed by atoms with Crippen LogP contribution in [0.5, 0.6) is 0 Å². The van der Waals surface area contributed by atoms with Crippen LogP contribution in [0.2, 0.25) is 6.04 Å². The third-order valence-electron chi connectivity index (χ3n) is 2.38. The summed E-state index contributed by atoms with van der Waals surface area (Å²) in [5, 5.41) is 6.29. The lowest BCUT2D eigenvalue weighted by Gasteiger charge is -2.24. The van der Waals surface area contributed by atoms with Crippen LogP contribution in [-0.4, -0.2) is 54.1 Å². The van der Waals surface area contributed by atoms with Crippen molar-refractivity contribution in [3.8, 4) is 0 Å². The maximum absolute atomic E-state index is 10.7. The van der Waals surface area contributed by atoms with E-state index in [4.69, 9.17) is 25.5 Å². The minimum absolute atomic E-state index is 0.0451. The molecule has 0 fully saturated rings. The van der Waals surface area contributed by atoms with Crippen LogP contribution in [0.3, 0.4) is 0 Å². The fourth-order valence-corrected chi connectivity index (χ4v) is 3.23. The summed E-state index contributed by atoms with van der Waals surface area (Å²) in [5.41, 5.74) is 0. The lowest BCUT2D eigenvalue weighted by atomic mass is 10.4. The molecule has 0 saturated heterocycles. The van der Waals surface area contributed by atoms with Gasteiger partial charge in [-0.2, -0.15) is 0 Å². The third-order valence-corrected chi connectivity index (χ3v) is 5.50. The first kappa shape index (κ1) is 17.5. The van der Waals surface area contributed by atoms with Gasteiger partial charge in [0.05, 0.1) is 6.54 Å². The maximum atomic E-state index is 10.7. The van der Waals surface area contributed by atoms with Gasteiger partial charge in [-0.25, -0.2) is 0 Å². The molecule has 0 radical (unpaired) electrons. The second-order valence-corrected chi connectivity index (χ2v) is 7.21. The predicted molar refractivity (Wildman–Crippen MR) is 75.5 cm³/mol. The number of Topliss-reactive ketones (excluding diaryl/α,β-unsaturated/α-hetero) is 1. The molecule has 6 nitrogen and oxygen atoms in total. The van der Waals surface area contributed by atoms with E-state index < -0.39 is 8.80 Å². The normalized spacial score (nSPS) is 11.1. The molecule has 8 heteroatoms. The molecule has 106 valence electrons. The van der Waals surface area contributed by atoms with Crippen molar-refractivity contribution >= 4 is 31.9 Å². The minimum Gasteiger partial charge on any atom is -0.377 e. The fraction of sp³-hybridized carbons (Fsp3) is 0.800. The largest absolute Gasteiger partial charge is 0.500 e. The minimum atomic E-state index is -2.48. The average molecular weight is 294 g/mol. The summed E-state index contributed by atoms with van der Waals surface area (Å²) in [5.74, 6) is 0.0451. The number of hydrogen-bond acceptors (Lipinski definition) is 5. The van der Waals surface area contributed by atoms with E-state index in [-0.39, 0.29) is 12.3 Å². The quantitative estimate of drug-likeness (QED) is 0.360. The van der Waals surface area contributed by atoms with Crippen molar-refractivity contribution in [2.45, 2.75) is 19.4 Å². The van der Waals surface area contributed by atoms with Gasteiger partial charge in [-0.1, -0.05) is 0 Å². The molecular formula is C10H22N2O4SSi. The molecular weight excluding hydrogens is 272 g/mol. The second-order valence-electron chi connectivity index (χ2n) is 3.71. The molecule has 0 aromatic carbocycles. The van der Waals surface area contributed by atoms with Gasteiger partial charge in [0.15, 0.2) is 5.11 Å². The molecule has 0 heterocycles. The van der Waals surface area contributed by atoms with Gasteiger partial charge >= 0.3 is 8.80 Å². The van der Waals surface area contributed by atoms with Gasteiger partial charge in [-0.3, -0.25) is 4.79 Å². The summed E-state index contributed by atoms with van der Waals surface area (Å²) in [7, 11) is 2.28. The fourth-order valence-electron chi connectivity index (χ4n) is 1.33. The van der Waals surface area contributed by atoms with Crippen LogP contribution in [0.25, 0.3) is 0 Å². The zero-order valence-electron chi connectivity index (χ0n) is 11.4. The molecule has 0 aliphatic carbocycles. The van der Waals surface area contributed by atoms with E-state index in [0.717, 1.165) is 6.42 Å². The number of rotatable bonds is 9. The van der Waals surface area contributed by atoms with Crippen LogP contribution in [-0.2, 0) is 18.1 Å². The lowest BCUT2D eigenvalue weighted by molar-refractivity contribution is -0.115. The molecule has 0 aliphatic rings. The Morgan fingerprint density at radius 3 is 2.17 bits per heavy atom. The summed E-state index contributed by atoms with van der Waals surface area (Å²) >= 11 is 5.01. The molecule has 0 aromatic rings. The lowest BCUT2D eigenvalue weighted by Crippen LogP contribution is -2.44. The van der Waals surface area contributed by atoms with E-state index in [2.05, 4.69) is 10.6 Å². The van der Waals surface area contributed by atoms with Gasteiger partial charge in [0.25, 0.3) is 0 Å². The second kappa shape index (κ2) is 9.40. The molecule has 0 saturated carbocycles. The summed E-state index contributed by atoms with van der Waals surface area (Å²) in [6.45, 7) is 2.43. The molecule has 0 amide bonds. The highest BCUT2D eigenvalue weighted by Gasteiger charge is 2.36. The Morgan fingerprint density at radius 1 is 1.17 bits per heavy atom. The molecule has 0 spiro atoms. The standard InChI is InChI=1S/C10H22N2O4SSi/c1-9(13)8-12-10(17)11-6-5-7-18(14-2,15-3)16-4/h5-8H2,1-4H3,(H2,11,12,17). The summed E-state index contributed by atoms with van der Waals surface area (Å²) in [4.78, 5) is 10.7. The molecule has 0 rings (SSSR count). The number of hydrogen-bond donors (Lipinski definition) is 2. The van der Waals surface area contributed by atoms with Crippen molar-refractivity contribution in [2.75, 3.05) is 34.4 Å². The third kappa shape index (κ3) is 7.02. The number of carbonyl (C=O) groups excluding carboxylic acids is 1. The molecule has 0 aliphatic heterocycles. The van der Waals surface area contributed by atoms with Crippen LogP contribution < -0.4 is 10.6 Å². The monoisotopic (exact) mass is 294 g/mol. The van der Waals surface area contributed by atoms with E-state index in [1.807, 2.05) is 0 Å².